The number of para-hydroxylation sites is 1. The summed E-state index contributed by atoms with van der Waals surface area (Å²) >= 11 is 0. The highest BCUT2D eigenvalue weighted by molar-refractivity contribution is 6.06. The Morgan fingerprint density at radius 1 is 1.17 bits per heavy atom. The number of aryl methyl sites for hydroxylation is 1. The quantitative estimate of drug-likeness (QED) is 0.297. The molecule has 8 heteroatoms. The number of benzene rings is 2. The third kappa shape index (κ3) is 5.16. The van der Waals surface area contributed by atoms with Crippen molar-refractivity contribution in [3.05, 3.63) is 75.5 Å². The molecule has 0 spiro atoms. The Bertz CT molecular complexity index is 1310. The molecular weight excluding hydrogens is 446 g/mol. The number of hydrogen-bond donors (Lipinski definition) is 1. The van der Waals surface area contributed by atoms with E-state index in [1.165, 1.54) is 25.1 Å². The van der Waals surface area contributed by atoms with E-state index in [1.54, 1.807) is 6.07 Å². The van der Waals surface area contributed by atoms with Crippen molar-refractivity contribution in [1.82, 2.24) is 4.98 Å². The van der Waals surface area contributed by atoms with Crippen molar-refractivity contribution in [2.45, 2.75) is 53.1 Å². The number of ether oxygens (including phenoxy) is 1. The SMILES string of the molecule is C[C@@H](OC(=O)c1c2c(nc3ccccc13)CC[C@@H](C(C)(C)C)C2)C(=O)Nc1cccc([N+](=O)[O-])c1. The van der Waals surface area contributed by atoms with E-state index in [0.29, 0.717) is 16.9 Å². The monoisotopic (exact) mass is 475 g/mol. The normalized spacial score (nSPS) is 16.3. The maximum absolute atomic E-state index is 13.5. The Hall–Kier alpha value is -3.81. The number of fused-ring (bicyclic) bond motifs is 2. The second kappa shape index (κ2) is 9.44. The van der Waals surface area contributed by atoms with Crippen LogP contribution in [0.4, 0.5) is 11.4 Å². The number of nitrogens with zero attached hydrogens (tertiary/aromatic N) is 2. The molecule has 0 bridgehead atoms. The van der Waals surface area contributed by atoms with E-state index < -0.39 is 22.9 Å². The lowest BCUT2D eigenvalue weighted by Gasteiger charge is -2.35. The molecule has 1 heterocycles. The van der Waals surface area contributed by atoms with Crippen LogP contribution < -0.4 is 5.32 Å². The molecule has 1 N–H and O–H groups in total. The Balaban J connectivity index is 1.61. The summed E-state index contributed by atoms with van der Waals surface area (Å²) in [6, 6.07) is 13.1. The summed E-state index contributed by atoms with van der Waals surface area (Å²) in [5.74, 6) is -0.756. The number of carbonyl (C=O) groups is 2. The number of amides is 1. The predicted molar refractivity (Wildman–Crippen MR) is 133 cm³/mol. The van der Waals surface area contributed by atoms with Crippen molar-refractivity contribution in [2.24, 2.45) is 11.3 Å². The van der Waals surface area contributed by atoms with E-state index in [4.69, 9.17) is 9.72 Å². The number of non-ortho nitro benzene ring substituents is 1. The Labute approximate surface area is 203 Å². The van der Waals surface area contributed by atoms with E-state index in [1.807, 2.05) is 24.3 Å². The second-order valence-electron chi connectivity index (χ2n) is 10.1. The fourth-order valence-electron chi connectivity index (χ4n) is 4.57. The van der Waals surface area contributed by atoms with Gasteiger partial charge < -0.3 is 10.1 Å². The largest absolute Gasteiger partial charge is 0.449 e. The van der Waals surface area contributed by atoms with Gasteiger partial charge in [0.15, 0.2) is 6.10 Å². The molecule has 8 nitrogen and oxygen atoms in total. The van der Waals surface area contributed by atoms with Crippen molar-refractivity contribution in [2.75, 3.05) is 5.32 Å². The summed E-state index contributed by atoms with van der Waals surface area (Å²) in [4.78, 5) is 41.5. The van der Waals surface area contributed by atoms with Gasteiger partial charge in [-0.15, -0.1) is 0 Å². The number of aromatic nitrogens is 1. The minimum atomic E-state index is -1.11. The van der Waals surface area contributed by atoms with Crippen LogP contribution in [0.1, 0.15) is 55.7 Å². The number of carbonyl (C=O) groups excluding carboxylic acids is 2. The van der Waals surface area contributed by atoms with Gasteiger partial charge in [0.2, 0.25) is 0 Å². The standard InChI is InChI=1S/C27H29N3O5/c1-16(25(31)28-18-8-7-9-19(15-18)30(33)34)35-26(32)24-20-10-5-6-11-22(20)29-23-13-12-17(14-21(23)24)27(2,3)4/h5-11,15-17H,12-14H2,1-4H3,(H,28,31)/t16-,17-/m1/s1. The summed E-state index contributed by atoms with van der Waals surface area (Å²) in [5.41, 5.74) is 3.19. The lowest BCUT2D eigenvalue weighted by molar-refractivity contribution is -0.384. The first kappa shape index (κ1) is 24.3. The third-order valence-electron chi connectivity index (χ3n) is 6.67. The molecular formula is C27H29N3O5. The highest BCUT2D eigenvalue weighted by Gasteiger charge is 2.33. The number of nitro benzene ring substituents is 1. The van der Waals surface area contributed by atoms with E-state index in [2.05, 4.69) is 26.1 Å². The number of nitrogens with one attached hydrogen (secondary N) is 1. The van der Waals surface area contributed by atoms with Crippen LogP contribution in [0.2, 0.25) is 0 Å². The van der Waals surface area contributed by atoms with E-state index in [0.717, 1.165) is 36.0 Å². The number of esters is 1. The van der Waals surface area contributed by atoms with Crippen LogP contribution in [0.15, 0.2) is 48.5 Å². The lowest BCUT2D eigenvalue weighted by atomic mass is 9.70. The minimum absolute atomic E-state index is 0.0793. The molecule has 0 radical (unpaired) electrons. The Kier molecular flexibility index (Phi) is 6.56. The number of anilines is 1. The molecule has 4 rings (SSSR count). The summed E-state index contributed by atoms with van der Waals surface area (Å²) in [7, 11) is 0. The molecule has 35 heavy (non-hydrogen) atoms. The molecule has 0 fully saturated rings. The van der Waals surface area contributed by atoms with Crippen molar-refractivity contribution in [1.29, 1.82) is 0 Å². The Morgan fingerprint density at radius 3 is 2.63 bits per heavy atom. The zero-order valence-electron chi connectivity index (χ0n) is 20.3. The number of hydrogen-bond acceptors (Lipinski definition) is 6. The number of rotatable bonds is 5. The third-order valence-corrected chi connectivity index (χ3v) is 6.67. The molecule has 0 unspecified atom stereocenters. The Morgan fingerprint density at radius 2 is 1.91 bits per heavy atom. The summed E-state index contributed by atoms with van der Waals surface area (Å²) in [6.07, 6.45) is 1.39. The van der Waals surface area contributed by atoms with Crippen LogP contribution in [0, 0.1) is 21.4 Å². The predicted octanol–water partition coefficient (Wildman–Crippen LogP) is 5.48. The fourth-order valence-corrected chi connectivity index (χ4v) is 4.57. The van der Waals surface area contributed by atoms with Gasteiger partial charge in [-0.25, -0.2) is 4.79 Å². The van der Waals surface area contributed by atoms with E-state index >= 15 is 0 Å². The first-order valence-corrected chi connectivity index (χ1v) is 11.7. The van der Waals surface area contributed by atoms with Crippen LogP contribution in [-0.4, -0.2) is 27.9 Å². The van der Waals surface area contributed by atoms with Crippen molar-refractivity contribution < 1.29 is 19.2 Å². The summed E-state index contributed by atoms with van der Waals surface area (Å²) < 4.78 is 5.63. The highest BCUT2D eigenvalue weighted by atomic mass is 16.6. The first-order valence-electron chi connectivity index (χ1n) is 11.7. The lowest BCUT2D eigenvalue weighted by Crippen LogP contribution is -2.32. The molecule has 1 aliphatic carbocycles. The first-order chi connectivity index (χ1) is 16.5. The van der Waals surface area contributed by atoms with Crippen molar-refractivity contribution >= 4 is 34.2 Å². The molecule has 0 saturated heterocycles. The van der Waals surface area contributed by atoms with E-state index in [-0.39, 0.29) is 16.8 Å². The summed E-state index contributed by atoms with van der Waals surface area (Å²) in [6.45, 7) is 8.10. The maximum Gasteiger partial charge on any atom is 0.339 e. The molecule has 2 aromatic carbocycles. The minimum Gasteiger partial charge on any atom is -0.449 e. The molecule has 1 aromatic heterocycles. The van der Waals surface area contributed by atoms with Gasteiger partial charge in [0.25, 0.3) is 11.6 Å². The average molecular weight is 476 g/mol. The van der Waals surface area contributed by atoms with Crippen molar-refractivity contribution in [3.8, 4) is 0 Å². The smallest absolute Gasteiger partial charge is 0.339 e. The summed E-state index contributed by atoms with van der Waals surface area (Å²) in [5, 5.41) is 14.3. The molecule has 3 aromatic rings. The maximum atomic E-state index is 13.5. The zero-order chi connectivity index (χ0) is 25.3. The highest BCUT2D eigenvalue weighted by Crippen LogP contribution is 2.39. The van der Waals surface area contributed by atoms with Crippen molar-refractivity contribution in [3.63, 3.8) is 0 Å². The van der Waals surface area contributed by atoms with Crippen LogP contribution in [0.25, 0.3) is 10.9 Å². The van der Waals surface area contributed by atoms with Gasteiger partial charge in [-0.3, -0.25) is 19.9 Å². The van der Waals surface area contributed by atoms with Crippen LogP contribution in [0.5, 0.6) is 0 Å². The zero-order valence-corrected chi connectivity index (χ0v) is 20.3. The van der Waals surface area contributed by atoms with Gasteiger partial charge in [-0.1, -0.05) is 45.0 Å². The average Bonchev–Trinajstić information content (AvgIpc) is 2.81. The molecule has 1 amide bonds. The van der Waals surface area contributed by atoms with Crippen LogP contribution in [0.3, 0.4) is 0 Å². The van der Waals surface area contributed by atoms with Gasteiger partial charge in [-0.05, 0) is 55.2 Å². The molecule has 182 valence electrons. The molecule has 1 aliphatic rings. The van der Waals surface area contributed by atoms with Gasteiger partial charge in [0, 0.05) is 28.9 Å². The van der Waals surface area contributed by atoms with Gasteiger partial charge in [0.05, 0.1) is 16.0 Å². The molecule has 0 aliphatic heterocycles. The molecule has 0 saturated carbocycles. The fraction of sp³-hybridized carbons (Fsp3) is 0.370. The van der Waals surface area contributed by atoms with Gasteiger partial charge in [0.1, 0.15) is 0 Å². The molecule has 2 atom stereocenters. The van der Waals surface area contributed by atoms with E-state index in [9.17, 15) is 19.7 Å². The number of nitro groups is 1. The van der Waals surface area contributed by atoms with Crippen LogP contribution >= 0.6 is 0 Å². The topological polar surface area (TPSA) is 111 Å². The van der Waals surface area contributed by atoms with Crippen LogP contribution in [-0.2, 0) is 22.4 Å². The van der Waals surface area contributed by atoms with Gasteiger partial charge >= 0.3 is 5.97 Å². The second-order valence-corrected chi connectivity index (χ2v) is 10.1. The number of pyridine rings is 1. The van der Waals surface area contributed by atoms with Gasteiger partial charge in [-0.2, -0.15) is 0 Å².